The average Bonchev–Trinajstić information content (AvgIpc) is 2.75. The number of hydrogen-bond acceptors (Lipinski definition) is 5. The van der Waals surface area contributed by atoms with Crippen molar-refractivity contribution in [1.82, 2.24) is 4.72 Å². The third kappa shape index (κ3) is 5.79. The van der Waals surface area contributed by atoms with Crippen LogP contribution >= 0.6 is 0 Å². The number of nitrogens with one attached hydrogen (secondary N) is 1. The molecule has 1 N–H and O–H groups in total. The van der Waals surface area contributed by atoms with Crippen molar-refractivity contribution in [2.45, 2.75) is 24.1 Å². The zero-order valence-electron chi connectivity index (χ0n) is 16.7. The molecule has 0 aromatic heterocycles. The third-order valence-corrected chi connectivity index (χ3v) is 5.58. The fraction of sp³-hybridized carbons (Fsp3) is 0.136. The van der Waals surface area contributed by atoms with Gasteiger partial charge in [-0.15, -0.1) is 0 Å². The van der Waals surface area contributed by atoms with E-state index in [0.29, 0.717) is 0 Å². The van der Waals surface area contributed by atoms with Crippen molar-refractivity contribution in [3.05, 3.63) is 84.4 Å². The fourth-order valence-corrected chi connectivity index (χ4v) is 3.70. The van der Waals surface area contributed by atoms with Gasteiger partial charge in [-0.05, 0) is 55.5 Å². The Kier molecular flexibility index (Phi) is 6.73. The minimum absolute atomic E-state index is 0.0683. The van der Waals surface area contributed by atoms with Gasteiger partial charge in [0, 0.05) is 0 Å². The monoisotopic (exact) mass is 465 g/mol. The Hall–Kier alpha value is -3.53. The van der Waals surface area contributed by atoms with E-state index < -0.39 is 33.8 Å². The summed E-state index contributed by atoms with van der Waals surface area (Å²) >= 11 is 0. The fourth-order valence-electron chi connectivity index (χ4n) is 2.63. The highest BCUT2D eigenvalue weighted by Gasteiger charge is 2.34. The molecular weight excluding hydrogens is 447 g/mol. The van der Waals surface area contributed by atoms with Crippen molar-refractivity contribution < 1.29 is 35.9 Å². The molecule has 0 bridgehead atoms. The Morgan fingerprint density at radius 3 is 2.06 bits per heavy atom. The number of halogens is 3. The molecule has 10 heteroatoms. The first-order chi connectivity index (χ1) is 15.1. The van der Waals surface area contributed by atoms with Crippen molar-refractivity contribution in [2.24, 2.45) is 0 Å². The molecule has 6 nitrogen and oxygen atoms in total. The lowest BCUT2D eigenvalue weighted by molar-refractivity contribution is -0.138. The van der Waals surface area contributed by atoms with Crippen molar-refractivity contribution in [2.75, 3.05) is 0 Å². The molecule has 32 heavy (non-hydrogen) atoms. The van der Waals surface area contributed by atoms with Crippen LogP contribution in [0.25, 0.3) is 0 Å². The van der Waals surface area contributed by atoms with E-state index in [9.17, 15) is 26.4 Å². The maximum Gasteiger partial charge on any atom is 0.419 e. The molecule has 0 fully saturated rings. The number of rotatable bonds is 7. The van der Waals surface area contributed by atoms with E-state index in [0.717, 1.165) is 6.07 Å². The van der Waals surface area contributed by atoms with Crippen LogP contribution in [-0.2, 0) is 21.0 Å². The standard InChI is InChI=1S/C22H18F3NO5S/c1-15(21(27)26-32(28,29)18-7-3-2-4-8-18)30-16-11-13-17(14-12-16)31-20-10-6-5-9-19(20)22(23,24)25/h2-15H,1H3,(H,26,27). The van der Waals surface area contributed by atoms with E-state index in [1.165, 1.54) is 73.7 Å². The number of ether oxygens (including phenoxy) is 2. The zero-order valence-corrected chi connectivity index (χ0v) is 17.5. The Bertz CT molecular complexity index is 1180. The van der Waals surface area contributed by atoms with Gasteiger partial charge >= 0.3 is 6.18 Å². The van der Waals surface area contributed by atoms with Crippen LogP contribution in [-0.4, -0.2) is 20.4 Å². The lowest BCUT2D eigenvalue weighted by Crippen LogP contribution is -2.39. The van der Waals surface area contributed by atoms with Crippen molar-refractivity contribution in [3.63, 3.8) is 0 Å². The van der Waals surface area contributed by atoms with Gasteiger partial charge < -0.3 is 9.47 Å². The van der Waals surface area contributed by atoms with Crippen LogP contribution in [0, 0.1) is 0 Å². The molecule has 0 aliphatic carbocycles. The molecular formula is C22H18F3NO5S. The third-order valence-electron chi connectivity index (χ3n) is 4.21. The largest absolute Gasteiger partial charge is 0.481 e. The molecule has 0 saturated carbocycles. The van der Waals surface area contributed by atoms with Crippen LogP contribution in [0.5, 0.6) is 17.2 Å². The first-order valence-corrected chi connectivity index (χ1v) is 10.8. The highest BCUT2D eigenvalue weighted by Crippen LogP contribution is 2.38. The van der Waals surface area contributed by atoms with Crippen molar-refractivity contribution in [1.29, 1.82) is 0 Å². The predicted octanol–water partition coefficient (Wildman–Crippen LogP) is 4.77. The number of alkyl halides is 3. The van der Waals surface area contributed by atoms with Crippen molar-refractivity contribution in [3.8, 4) is 17.2 Å². The zero-order chi connectivity index (χ0) is 23.4. The lowest BCUT2D eigenvalue weighted by Gasteiger charge is -2.16. The molecule has 168 valence electrons. The van der Waals surface area contributed by atoms with E-state index in [1.54, 1.807) is 6.07 Å². The maximum absolute atomic E-state index is 13.1. The number of sulfonamides is 1. The van der Waals surface area contributed by atoms with Gasteiger partial charge in [-0.1, -0.05) is 30.3 Å². The van der Waals surface area contributed by atoms with Crippen LogP contribution in [0.15, 0.2) is 83.8 Å². The highest BCUT2D eigenvalue weighted by atomic mass is 32.2. The van der Waals surface area contributed by atoms with Gasteiger partial charge in [0.15, 0.2) is 6.10 Å². The lowest BCUT2D eigenvalue weighted by atomic mass is 10.2. The predicted molar refractivity (Wildman–Crippen MR) is 110 cm³/mol. The normalized spacial score (nSPS) is 12.6. The van der Waals surface area contributed by atoms with Crippen LogP contribution in [0.1, 0.15) is 12.5 Å². The number of carbonyl (C=O) groups excluding carboxylic acids is 1. The summed E-state index contributed by atoms with van der Waals surface area (Å²) in [5, 5.41) is 0. The minimum atomic E-state index is -4.57. The highest BCUT2D eigenvalue weighted by molar-refractivity contribution is 7.90. The van der Waals surface area contributed by atoms with Gasteiger partial charge in [0.1, 0.15) is 17.2 Å². The molecule has 0 aliphatic heterocycles. The van der Waals surface area contributed by atoms with Gasteiger partial charge in [0.05, 0.1) is 10.5 Å². The first kappa shape index (κ1) is 23.1. The number of amides is 1. The number of benzene rings is 3. The minimum Gasteiger partial charge on any atom is -0.481 e. The second kappa shape index (κ2) is 9.31. The van der Waals surface area contributed by atoms with Gasteiger partial charge in [-0.3, -0.25) is 4.79 Å². The molecule has 1 amide bonds. The molecule has 0 aliphatic rings. The smallest absolute Gasteiger partial charge is 0.419 e. The average molecular weight is 465 g/mol. The molecule has 0 heterocycles. The topological polar surface area (TPSA) is 81.7 Å². The summed E-state index contributed by atoms with van der Waals surface area (Å²) in [4.78, 5) is 12.2. The first-order valence-electron chi connectivity index (χ1n) is 9.29. The molecule has 0 saturated heterocycles. The second-order valence-corrected chi connectivity index (χ2v) is 8.29. The van der Waals surface area contributed by atoms with E-state index in [4.69, 9.17) is 9.47 Å². The molecule has 1 unspecified atom stereocenters. The number of hydrogen-bond donors (Lipinski definition) is 1. The summed E-state index contributed by atoms with van der Waals surface area (Å²) in [5.74, 6) is -0.917. The molecule has 0 radical (unpaired) electrons. The van der Waals surface area contributed by atoms with E-state index >= 15 is 0 Å². The quantitative estimate of drug-likeness (QED) is 0.544. The summed E-state index contributed by atoms with van der Waals surface area (Å²) in [6, 6.07) is 17.7. The summed E-state index contributed by atoms with van der Waals surface area (Å²) in [6.45, 7) is 1.36. The Labute approximate surface area is 182 Å². The number of para-hydroxylation sites is 1. The number of carbonyl (C=O) groups is 1. The maximum atomic E-state index is 13.1. The summed E-state index contributed by atoms with van der Waals surface area (Å²) in [6.07, 6.45) is -5.73. The van der Waals surface area contributed by atoms with Gasteiger partial charge in [-0.25, -0.2) is 13.1 Å². The van der Waals surface area contributed by atoms with Gasteiger partial charge in [0.25, 0.3) is 15.9 Å². The van der Waals surface area contributed by atoms with Crippen LogP contribution < -0.4 is 14.2 Å². The van der Waals surface area contributed by atoms with Crippen LogP contribution in [0.2, 0.25) is 0 Å². The van der Waals surface area contributed by atoms with E-state index in [-0.39, 0.29) is 22.1 Å². The van der Waals surface area contributed by atoms with Crippen LogP contribution in [0.4, 0.5) is 13.2 Å². The molecule has 3 aromatic carbocycles. The molecule has 3 aromatic rings. The van der Waals surface area contributed by atoms with Gasteiger partial charge in [-0.2, -0.15) is 13.2 Å². The Morgan fingerprint density at radius 1 is 0.875 bits per heavy atom. The van der Waals surface area contributed by atoms with Crippen molar-refractivity contribution >= 4 is 15.9 Å². The molecule has 1 atom stereocenters. The van der Waals surface area contributed by atoms with Gasteiger partial charge in [0.2, 0.25) is 0 Å². The second-order valence-electron chi connectivity index (χ2n) is 6.61. The molecule has 3 rings (SSSR count). The van der Waals surface area contributed by atoms with E-state index in [1.807, 2.05) is 4.72 Å². The SMILES string of the molecule is CC(Oc1ccc(Oc2ccccc2C(F)(F)F)cc1)C(=O)NS(=O)(=O)c1ccccc1. The Balaban J connectivity index is 1.64. The summed E-state index contributed by atoms with van der Waals surface area (Å²) in [5.41, 5.74) is -0.912. The summed E-state index contributed by atoms with van der Waals surface area (Å²) in [7, 11) is -4.05. The molecule has 0 spiro atoms. The van der Waals surface area contributed by atoms with E-state index in [2.05, 4.69) is 0 Å². The summed E-state index contributed by atoms with van der Waals surface area (Å²) < 4.78 is 76.4. The van der Waals surface area contributed by atoms with Crippen LogP contribution in [0.3, 0.4) is 0 Å². The Morgan fingerprint density at radius 2 is 1.44 bits per heavy atom.